The molecule has 1 unspecified atom stereocenters. The van der Waals surface area contributed by atoms with Crippen molar-refractivity contribution in [3.05, 3.63) is 29.8 Å². The molecule has 19 heavy (non-hydrogen) atoms. The van der Waals surface area contributed by atoms with Gasteiger partial charge in [-0.15, -0.1) is 0 Å². The summed E-state index contributed by atoms with van der Waals surface area (Å²) in [6.45, 7) is 7.42. The molecule has 0 saturated carbocycles. The predicted octanol–water partition coefficient (Wildman–Crippen LogP) is 1.81. The first-order chi connectivity index (χ1) is 9.05. The summed E-state index contributed by atoms with van der Waals surface area (Å²) in [5.41, 5.74) is 7.09. The maximum absolute atomic E-state index is 5.99. The van der Waals surface area contributed by atoms with Crippen LogP contribution in [0, 0.1) is 0 Å². The van der Waals surface area contributed by atoms with E-state index in [1.54, 1.807) is 7.11 Å². The van der Waals surface area contributed by atoms with Gasteiger partial charge in [0.2, 0.25) is 0 Å². The summed E-state index contributed by atoms with van der Waals surface area (Å²) >= 11 is 0. The van der Waals surface area contributed by atoms with Gasteiger partial charge in [0.1, 0.15) is 5.75 Å². The molecule has 4 heteroatoms. The fraction of sp³-hybridized carbons (Fsp3) is 0.600. The van der Waals surface area contributed by atoms with E-state index in [1.807, 2.05) is 12.1 Å². The number of hydrogen-bond acceptors (Lipinski definition) is 4. The third-order valence-corrected chi connectivity index (χ3v) is 3.60. The molecule has 0 aliphatic carbocycles. The summed E-state index contributed by atoms with van der Waals surface area (Å²) < 4.78 is 11.1. The summed E-state index contributed by atoms with van der Waals surface area (Å²) in [6, 6.07) is 8.38. The van der Waals surface area contributed by atoms with Crippen molar-refractivity contribution in [2.24, 2.45) is 5.73 Å². The molecule has 1 heterocycles. The third-order valence-electron chi connectivity index (χ3n) is 3.60. The SMILES string of the molecule is COc1cccc(C(CN)N2CCOC(C)(C)C2)c1. The van der Waals surface area contributed by atoms with E-state index in [-0.39, 0.29) is 11.6 Å². The Morgan fingerprint density at radius 2 is 2.26 bits per heavy atom. The van der Waals surface area contributed by atoms with Crippen molar-refractivity contribution >= 4 is 0 Å². The van der Waals surface area contributed by atoms with Crippen LogP contribution in [0.1, 0.15) is 25.5 Å². The second-order valence-electron chi connectivity index (χ2n) is 5.61. The van der Waals surface area contributed by atoms with Crippen LogP contribution in [0.5, 0.6) is 5.75 Å². The van der Waals surface area contributed by atoms with E-state index in [0.29, 0.717) is 6.54 Å². The van der Waals surface area contributed by atoms with E-state index < -0.39 is 0 Å². The molecule has 0 aromatic heterocycles. The summed E-state index contributed by atoms with van der Waals surface area (Å²) in [7, 11) is 1.69. The molecule has 0 spiro atoms. The molecule has 4 nitrogen and oxygen atoms in total. The zero-order chi connectivity index (χ0) is 13.9. The van der Waals surface area contributed by atoms with Gasteiger partial charge in [-0.2, -0.15) is 0 Å². The first kappa shape index (κ1) is 14.3. The van der Waals surface area contributed by atoms with Crippen LogP contribution in [-0.2, 0) is 4.74 Å². The largest absolute Gasteiger partial charge is 0.497 e. The smallest absolute Gasteiger partial charge is 0.119 e. The van der Waals surface area contributed by atoms with E-state index in [9.17, 15) is 0 Å². The second kappa shape index (κ2) is 5.90. The van der Waals surface area contributed by atoms with Crippen LogP contribution < -0.4 is 10.5 Å². The van der Waals surface area contributed by atoms with Crippen molar-refractivity contribution in [3.8, 4) is 5.75 Å². The van der Waals surface area contributed by atoms with Gasteiger partial charge in [0, 0.05) is 25.7 Å². The van der Waals surface area contributed by atoms with Gasteiger partial charge in [0.25, 0.3) is 0 Å². The highest BCUT2D eigenvalue weighted by Crippen LogP contribution is 2.27. The molecular weight excluding hydrogens is 240 g/mol. The van der Waals surface area contributed by atoms with Crippen LogP contribution in [0.4, 0.5) is 0 Å². The molecule has 1 fully saturated rings. The maximum atomic E-state index is 5.99. The fourth-order valence-electron chi connectivity index (χ4n) is 2.66. The monoisotopic (exact) mass is 264 g/mol. The van der Waals surface area contributed by atoms with E-state index in [4.69, 9.17) is 15.2 Å². The lowest BCUT2D eigenvalue weighted by molar-refractivity contribution is -0.0967. The summed E-state index contributed by atoms with van der Waals surface area (Å²) in [4.78, 5) is 2.40. The number of ether oxygens (including phenoxy) is 2. The zero-order valence-electron chi connectivity index (χ0n) is 12.1. The van der Waals surface area contributed by atoms with Gasteiger partial charge < -0.3 is 15.2 Å². The molecule has 0 radical (unpaired) electrons. The lowest BCUT2D eigenvalue weighted by atomic mass is 10.0. The Hall–Kier alpha value is -1.10. The van der Waals surface area contributed by atoms with Crippen molar-refractivity contribution in [1.82, 2.24) is 4.90 Å². The molecule has 106 valence electrons. The van der Waals surface area contributed by atoms with Crippen LogP contribution in [-0.4, -0.2) is 43.9 Å². The molecule has 0 amide bonds. The van der Waals surface area contributed by atoms with Gasteiger partial charge in [0.15, 0.2) is 0 Å². The van der Waals surface area contributed by atoms with Gasteiger partial charge in [-0.25, -0.2) is 0 Å². The number of nitrogens with two attached hydrogens (primary N) is 1. The topological polar surface area (TPSA) is 47.7 Å². The number of morpholine rings is 1. The Morgan fingerprint density at radius 3 is 2.89 bits per heavy atom. The Kier molecular flexibility index (Phi) is 4.45. The minimum atomic E-state index is -0.107. The van der Waals surface area contributed by atoms with Gasteiger partial charge in [-0.3, -0.25) is 4.90 Å². The lowest BCUT2D eigenvalue weighted by Crippen LogP contribution is -2.50. The minimum absolute atomic E-state index is 0.107. The standard InChI is InChI=1S/C15H24N2O2/c1-15(2)11-17(7-8-19-15)14(10-16)12-5-4-6-13(9-12)18-3/h4-6,9,14H,7-8,10-11,16H2,1-3H3. The van der Waals surface area contributed by atoms with Crippen LogP contribution in [0.25, 0.3) is 0 Å². The molecule has 1 atom stereocenters. The van der Waals surface area contributed by atoms with Gasteiger partial charge in [0.05, 0.1) is 19.3 Å². The molecule has 1 saturated heterocycles. The normalized spacial score (nSPS) is 21.1. The molecule has 1 aliphatic heterocycles. The van der Waals surface area contributed by atoms with E-state index in [2.05, 4.69) is 30.9 Å². The Morgan fingerprint density at radius 1 is 1.47 bits per heavy atom. The number of rotatable bonds is 4. The summed E-state index contributed by atoms with van der Waals surface area (Å²) in [5.74, 6) is 0.878. The minimum Gasteiger partial charge on any atom is -0.497 e. The quantitative estimate of drug-likeness (QED) is 0.901. The summed E-state index contributed by atoms with van der Waals surface area (Å²) in [6.07, 6.45) is 0. The first-order valence-electron chi connectivity index (χ1n) is 6.78. The number of nitrogens with zero attached hydrogens (tertiary/aromatic N) is 1. The van der Waals surface area contributed by atoms with Crippen LogP contribution >= 0.6 is 0 Å². The third kappa shape index (κ3) is 3.47. The highest BCUT2D eigenvalue weighted by Gasteiger charge is 2.31. The fourth-order valence-corrected chi connectivity index (χ4v) is 2.66. The van der Waals surface area contributed by atoms with Gasteiger partial charge >= 0.3 is 0 Å². The van der Waals surface area contributed by atoms with E-state index >= 15 is 0 Å². The van der Waals surface area contributed by atoms with Crippen molar-refractivity contribution in [2.45, 2.75) is 25.5 Å². The Bertz CT molecular complexity index is 420. The van der Waals surface area contributed by atoms with Crippen LogP contribution in [0.2, 0.25) is 0 Å². The Balaban J connectivity index is 2.18. The second-order valence-corrected chi connectivity index (χ2v) is 5.61. The van der Waals surface area contributed by atoms with Crippen LogP contribution in [0.3, 0.4) is 0 Å². The predicted molar refractivity (Wildman–Crippen MR) is 76.4 cm³/mol. The lowest BCUT2D eigenvalue weighted by Gasteiger charge is -2.42. The first-order valence-corrected chi connectivity index (χ1v) is 6.78. The van der Waals surface area contributed by atoms with Crippen molar-refractivity contribution < 1.29 is 9.47 Å². The molecule has 1 aliphatic rings. The average molecular weight is 264 g/mol. The Labute approximate surface area is 115 Å². The van der Waals surface area contributed by atoms with Crippen molar-refractivity contribution in [1.29, 1.82) is 0 Å². The summed E-state index contributed by atoms with van der Waals surface area (Å²) in [5, 5.41) is 0. The van der Waals surface area contributed by atoms with E-state index in [1.165, 1.54) is 5.56 Å². The molecule has 1 aromatic carbocycles. The van der Waals surface area contributed by atoms with Gasteiger partial charge in [-0.1, -0.05) is 12.1 Å². The van der Waals surface area contributed by atoms with Gasteiger partial charge in [-0.05, 0) is 31.5 Å². The molecule has 0 bridgehead atoms. The maximum Gasteiger partial charge on any atom is 0.119 e. The van der Waals surface area contributed by atoms with Crippen LogP contribution in [0.15, 0.2) is 24.3 Å². The zero-order valence-corrected chi connectivity index (χ0v) is 12.1. The molecular formula is C15H24N2O2. The number of benzene rings is 1. The van der Waals surface area contributed by atoms with E-state index in [0.717, 1.165) is 25.4 Å². The van der Waals surface area contributed by atoms with Crippen molar-refractivity contribution in [3.63, 3.8) is 0 Å². The molecule has 2 N–H and O–H groups in total. The number of hydrogen-bond donors (Lipinski definition) is 1. The van der Waals surface area contributed by atoms with Crippen molar-refractivity contribution in [2.75, 3.05) is 33.4 Å². The highest BCUT2D eigenvalue weighted by atomic mass is 16.5. The highest BCUT2D eigenvalue weighted by molar-refractivity contribution is 5.31. The molecule has 2 rings (SSSR count). The average Bonchev–Trinajstić information content (AvgIpc) is 2.39. The molecule has 1 aromatic rings. The number of methoxy groups -OCH3 is 1.